The third kappa shape index (κ3) is 5.73. The largest absolute Gasteiger partial charge is 0.417 e. The van der Waals surface area contributed by atoms with Crippen molar-refractivity contribution in [1.29, 1.82) is 0 Å². The Morgan fingerprint density at radius 1 is 0.968 bits per heavy atom. The molecule has 1 saturated heterocycles. The molecule has 1 aromatic carbocycles. The first-order valence-corrected chi connectivity index (χ1v) is 11.2. The number of aromatic nitrogens is 1. The minimum Gasteiger partial charge on any atom is -0.325 e. The number of amides is 1. The highest BCUT2D eigenvalue weighted by Crippen LogP contribution is 2.28. The van der Waals surface area contributed by atoms with Crippen molar-refractivity contribution in [2.75, 3.05) is 18.4 Å². The summed E-state index contributed by atoms with van der Waals surface area (Å²) in [7, 11) is -3.63. The predicted octanol–water partition coefficient (Wildman–Crippen LogP) is 3.07. The normalized spacial score (nSPS) is 16.0. The number of nitrogens with zero attached hydrogens (tertiary/aromatic N) is 2. The van der Waals surface area contributed by atoms with Crippen molar-refractivity contribution in [2.45, 2.75) is 43.3 Å². The van der Waals surface area contributed by atoms with E-state index in [1.807, 2.05) is 0 Å². The zero-order chi connectivity index (χ0) is 22.6. The second kappa shape index (κ2) is 9.23. The van der Waals surface area contributed by atoms with Gasteiger partial charge in [0.05, 0.1) is 10.5 Å². The summed E-state index contributed by atoms with van der Waals surface area (Å²) in [4.78, 5) is 24.0. The number of halogens is 3. The number of sulfonamides is 1. The monoisotopic (exact) mass is 457 g/mol. The predicted molar refractivity (Wildman–Crippen MR) is 108 cm³/mol. The number of anilines is 1. The van der Waals surface area contributed by atoms with Crippen molar-refractivity contribution >= 4 is 21.6 Å². The number of alkyl halides is 3. The third-order valence-electron chi connectivity index (χ3n) is 4.97. The van der Waals surface area contributed by atoms with Crippen LogP contribution in [-0.2, 0) is 27.5 Å². The number of carbonyl (C=O) groups is 1. The van der Waals surface area contributed by atoms with Crippen molar-refractivity contribution in [2.24, 2.45) is 0 Å². The first-order valence-electron chi connectivity index (χ1n) is 9.75. The van der Waals surface area contributed by atoms with Crippen molar-refractivity contribution in [3.8, 4) is 0 Å². The van der Waals surface area contributed by atoms with Crippen molar-refractivity contribution < 1.29 is 26.4 Å². The fraction of sp³-hybridized carbons (Fsp3) is 0.400. The van der Waals surface area contributed by atoms with Crippen molar-refractivity contribution in [3.63, 3.8) is 0 Å². The van der Waals surface area contributed by atoms with Crippen LogP contribution in [0.25, 0.3) is 0 Å². The molecule has 0 atom stereocenters. The van der Waals surface area contributed by atoms with Gasteiger partial charge in [-0.1, -0.05) is 12.8 Å². The highest BCUT2D eigenvalue weighted by Gasteiger charge is 2.31. The van der Waals surface area contributed by atoms with Gasteiger partial charge in [0, 0.05) is 31.0 Å². The van der Waals surface area contributed by atoms with Gasteiger partial charge in [-0.05, 0) is 43.2 Å². The van der Waals surface area contributed by atoms with Crippen LogP contribution in [-0.4, -0.2) is 36.3 Å². The van der Waals surface area contributed by atoms with Crippen LogP contribution in [0, 0.1) is 0 Å². The Morgan fingerprint density at radius 3 is 2.16 bits per heavy atom. The number of benzene rings is 1. The van der Waals surface area contributed by atoms with Crippen LogP contribution in [0.5, 0.6) is 0 Å². The van der Waals surface area contributed by atoms with E-state index in [9.17, 15) is 31.2 Å². The Kier molecular flexibility index (Phi) is 6.85. The first-order chi connectivity index (χ1) is 14.6. The number of rotatable bonds is 5. The molecule has 0 bridgehead atoms. The quantitative estimate of drug-likeness (QED) is 0.748. The van der Waals surface area contributed by atoms with E-state index < -0.39 is 39.8 Å². The molecule has 1 aromatic heterocycles. The van der Waals surface area contributed by atoms with Gasteiger partial charge in [0.25, 0.3) is 5.56 Å². The molecular formula is C20H22F3N3O4S. The second-order valence-electron chi connectivity index (χ2n) is 7.27. The average Bonchev–Trinajstić information content (AvgIpc) is 2.99. The smallest absolute Gasteiger partial charge is 0.325 e. The Bertz CT molecular complexity index is 1090. The molecule has 1 aliphatic rings. The number of hydrogen-bond acceptors (Lipinski definition) is 4. The third-order valence-corrected chi connectivity index (χ3v) is 6.88. The van der Waals surface area contributed by atoms with Gasteiger partial charge >= 0.3 is 6.18 Å². The van der Waals surface area contributed by atoms with Gasteiger partial charge in [0.1, 0.15) is 6.54 Å². The summed E-state index contributed by atoms with van der Waals surface area (Å²) in [5.74, 6) is -0.718. The molecule has 0 radical (unpaired) electrons. The molecule has 2 aromatic rings. The fourth-order valence-corrected chi connectivity index (χ4v) is 4.84. The van der Waals surface area contributed by atoms with Crippen LogP contribution >= 0.6 is 0 Å². The molecule has 1 amide bonds. The van der Waals surface area contributed by atoms with Crippen molar-refractivity contribution in [1.82, 2.24) is 8.87 Å². The van der Waals surface area contributed by atoms with Gasteiger partial charge in [-0.2, -0.15) is 17.5 Å². The molecule has 168 valence electrons. The molecule has 0 unspecified atom stereocenters. The molecule has 1 aliphatic heterocycles. The average molecular weight is 457 g/mol. The van der Waals surface area contributed by atoms with Crippen LogP contribution < -0.4 is 10.9 Å². The summed E-state index contributed by atoms with van der Waals surface area (Å²) in [6.45, 7) is 0.315. The molecule has 0 aliphatic carbocycles. The second-order valence-corrected chi connectivity index (χ2v) is 9.21. The van der Waals surface area contributed by atoms with E-state index in [1.54, 1.807) is 0 Å². The van der Waals surface area contributed by atoms with E-state index in [1.165, 1.54) is 28.6 Å². The van der Waals surface area contributed by atoms with Crippen molar-refractivity contribution in [3.05, 3.63) is 58.5 Å². The maximum atomic E-state index is 12.8. The van der Waals surface area contributed by atoms with E-state index in [-0.39, 0.29) is 10.6 Å². The molecular weight excluding hydrogens is 435 g/mol. The summed E-state index contributed by atoms with van der Waals surface area (Å²) < 4.78 is 66.1. The molecule has 0 spiro atoms. The highest BCUT2D eigenvalue weighted by molar-refractivity contribution is 7.89. The Morgan fingerprint density at radius 2 is 1.58 bits per heavy atom. The molecule has 1 fully saturated rings. The number of hydrogen-bond donors (Lipinski definition) is 1. The first kappa shape index (κ1) is 23.0. The van der Waals surface area contributed by atoms with E-state index >= 15 is 0 Å². The van der Waals surface area contributed by atoms with Crippen LogP contribution in [0.15, 0.2) is 52.3 Å². The maximum Gasteiger partial charge on any atom is 0.417 e. The maximum absolute atomic E-state index is 12.8. The standard InChI is InChI=1S/C20H22F3N3O4S/c21-20(22,23)15-5-10-19(28)25(13-15)14-18(27)24-16-6-8-17(9-7-16)31(29,30)26-11-3-1-2-4-12-26/h5-10,13H,1-4,11-12,14H2,(H,24,27). The number of nitrogens with one attached hydrogen (secondary N) is 1. The van der Waals surface area contributed by atoms with Crippen LogP contribution in [0.3, 0.4) is 0 Å². The lowest BCUT2D eigenvalue weighted by atomic mass is 10.2. The fourth-order valence-electron chi connectivity index (χ4n) is 3.32. The minimum atomic E-state index is -4.64. The van der Waals surface area contributed by atoms with Crippen LogP contribution in [0.4, 0.5) is 18.9 Å². The molecule has 3 rings (SSSR count). The molecule has 1 N–H and O–H groups in total. The minimum absolute atomic E-state index is 0.0986. The van der Waals surface area contributed by atoms with Gasteiger partial charge < -0.3 is 9.88 Å². The molecule has 11 heteroatoms. The van der Waals surface area contributed by atoms with Gasteiger partial charge in [0.15, 0.2) is 0 Å². The molecule has 7 nitrogen and oxygen atoms in total. The number of carbonyl (C=O) groups excluding carboxylic acids is 1. The lowest BCUT2D eigenvalue weighted by Crippen LogP contribution is -2.32. The Labute approximate surface area is 177 Å². The van der Waals surface area contributed by atoms with Gasteiger partial charge in [-0.15, -0.1) is 0 Å². The van der Waals surface area contributed by atoms with Crippen LogP contribution in [0.1, 0.15) is 31.2 Å². The molecule has 31 heavy (non-hydrogen) atoms. The summed E-state index contributed by atoms with van der Waals surface area (Å²) >= 11 is 0. The van der Waals surface area contributed by atoms with Gasteiger partial charge in [-0.3, -0.25) is 9.59 Å². The van der Waals surface area contributed by atoms with E-state index in [0.29, 0.717) is 29.9 Å². The van der Waals surface area contributed by atoms with Gasteiger partial charge in [-0.25, -0.2) is 8.42 Å². The topological polar surface area (TPSA) is 88.5 Å². The van der Waals surface area contributed by atoms with Crippen LogP contribution in [0.2, 0.25) is 0 Å². The summed E-state index contributed by atoms with van der Waals surface area (Å²) in [5, 5.41) is 2.46. The lowest BCUT2D eigenvalue weighted by molar-refractivity contribution is -0.138. The Hall–Kier alpha value is -2.66. The zero-order valence-corrected chi connectivity index (χ0v) is 17.4. The van der Waals surface area contributed by atoms with E-state index in [2.05, 4.69) is 5.32 Å². The zero-order valence-electron chi connectivity index (χ0n) is 16.6. The number of pyridine rings is 1. The summed E-state index contributed by atoms with van der Waals surface area (Å²) in [5.41, 5.74) is -1.52. The van der Waals surface area contributed by atoms with E-state index in [0.717, 1.165) is 31.7 Å². The van der Waals surface area contributed by atoms with E-state index in [4.69, 9.17) is 0 Å². The summed E-state index contributed by atoms with van der Waals surface area (Å²) in [6, 6.07) is 6.94. The highest BCUT2D eigenvalue weighted by atomic mass is 32.2. The molecule has 2 heterocycles. The lowest BCUT2D eigenvalue weighted by Gasteiger charge is -2.20. The van der Waals surface area contributed by atoms with Gasteiger partial charge in [0.2, 0.25) is 15.9 Å². The summed E-state index contributed by atoms with van der Waals surface area (Å²) in [6.07, 6.45) is -0.456. The molecule has 0 saturated carbocycles. The SMILES string of the molecule is O=C(Cn1cc(C(F)(F)F)ccc1=O)Nc1ccc(S(=O)(=O)N2CCCCCC2)cc1. The Balaban J connectivity index is 1.69.